The molecule has 0 radical (unpaired) electrons. The summed E-state index contributed by atoms with van der Waals surface area (Å²) in [5, 5.41) is 6.60. The van der Waals surface area contributed by atoms with E-state index in [0.717, 1.165) is 30.4 Å². The van der Waals surface area contributed by atoms with Gasteiger partial charge in [-0.05, 0) is 46.2 Å². The molecule has 2 N–H and O–H groups in total. The van der Waals surface area contributed by atoms with E-state index in [0.29, 0.717) is 13.1 Å². The van der Waals surface area contributed by atoms with Crippen LogP contribution in [0.25, 0.3) is 0 Å². The molecule has 0 aliphatic carbocycles. The molecule has 0 spiro atoms. The zero-order chi connectivity index (χ0) is 17.6. The molecule has 0 bridgehead atoms. The number of nitrogens with zero attached hydrogens (tertiary/aromatic N) is 2. The van der Waals surface area contributed by atoms with Gasteiger partial charge in [0.1, 0.15) is 5.75 Å². The maximum atomic E-state index is 12.1. The summed E-state index contributed by atoms with van der Waals surface area (Å²) < 4.78 is 5.46. The number of guanidine groups is 1. The predicted octanol–water partition coefficient (Wildman–Crippen LogP) is 2.16. The van der Waals surface area contributed by atoms with E-state index in [9.17, 15) is 4.79 Å². The molecule has 24 heavy (non-hydrogen) atoms. The molecular weight excluding hydrogens is 304 g/mol. The molecule has 1 amide bonds. The molecule has 6 nitrogen and oxygen atoms in total. The van der Waals surface area contributed by atoms with Gasteiger partial charge in [-0.25, -0.2) is 0 Å². The molecule has 1 heterocycles. The van der Waals surface area contributed by atoms with Crippen LogP contribution in [0.2, 0.25) is 0 Å². The highest BCUT2D eigenvalue weighted by atomic mass is 16.5. The highest BCUT2D eigenvalue weighted by Crippen LogP contribution is 2.31. The Bertz CT molecular complexity index is 593. The summed E-state index contributed by atoms with van der Waals surface area (Å²) in [5.41, 5.74) is 0.803. The number of amides is 1. The predicted molar refractivity (Wildman–Crippen MR) is 97.8 cm³/mol. The normalized spacial score (nSPS) is 14.9. The number of fused-ring (bicyclic) bond motifs is 1. The molecule has 0 unspecified atom stereocenters. The van der Waals surface area contributed by atoms with Crippen LogP contribution < -0.4 is 20.3 Å². The fourth-order valence-corrected chi connectivity index (χ4v) is 2.48. The second kappa shape index (κ2) is 8.04. The fourth-order valence-electron chi connectivity index (χ4n) is 2.48. The van der Waals surface area contributed by atoms with Crippen LogP contribution in [-0.2, 0) is 4.79 Å². The zero-order valence-corrected chi connectivity index (χ0v) is 15.1. The molecule has 1 aromatic carbocycles. The summed E-state index contributed by atoms with van der Waals surface area (Å²) in [7, 11) is 0. The second-order valence-electron chi connectivity index (χ2n) is 6.79. The van der Waals surface area contributed by atoms with E-state index in [4.69, 9.17) is 4.74 Å². The third kappa shape index (κ3) is 5.15. The van der Waals surface area contributed by atoms with Crippen molar-refractivity contribution < 1.29 is 9.53 Å². The topological polar surface area (TPSA) is 66.0 Å². The number of carbonyl (C=O) groups excluding carboxylic acids is 1. The summed E-state index contributed by atoms with van der Waals surface area (Å²) in [5.74, 6) is 1.57. The van der Waals surface area contributed by atoms with Crippen molar-refractivity contribution in [1.82, 2.24) is 10.6 Å². The van der Waals surface area contributed by atoms with Crippen molar-refractivity contribution in [2.75, 3.05) is 31.1 Å². The van der Waals surface area contributed by atoms with Crippen molar-refractivity contribution in [3.8, 4) is 5.75 Å². The van der Waals surface area contributed by atoms with Gasteiger partial charge in [0.25, 0.3) is 5.91 Å². The van der Waals surface area contributed by atoms with Crippen LogP contribution in [0, 0.1) is 0 Å². The molecule has 1 aromatic rings. The number of para-hydroxylation sites is 2. The first-order valence-electron chi connectivity index (χ1n) is 8.49. The molecule has 1 aliphatic rings. The van der Waals surface area contributed by atoms with E-state index in [-0.39, 0.29) is 18.1 Å². The number of aliphatic imine (C=N–C) groups is 1. The number of carbonyl (C=O) groups is 1. The Kier molecular flexibility index (Phi) is 6.06. The van der Waals surface area contributed by atoms with Gasteiger partial charge in [0, 0.05) is 25.2 Å². The van der Waals surface area contributed by atoms with Gasteiger partial charge >= 0.3 is 0 Å². The van der Waals surface area contributed by atoms with Gasteiger partial charge in [0.15, 0.2) is 12.6 Å². The summed E-state index contributed by atoms with van der Waals surface area (Å²) in [4.78, 5) is 18.5. The van der Waals surface area contributed by atoms with Gasteiger partial charge in [-0.15, -0.1) is 0 Å². The number of rotatable bonds is 5. The first kappa shape index (κ1) is 18.1. The highest BCUT2D eigenvalue weighted by Gasteiger charge is 2.24. The van der Waals surface area contributed by atoms with Crippen molar-refractivity contribution in [1.29, 1.82) is 0 Å². The minimum atomic E-state index is -0.0415. The van der Waals surface area contributed by atoms with Gasteiger partial charge in [-0.2, -0.15) is 0 Å². The maximum absolute atomic E-state index is 12.1. The molecular formula is C18H28N4O2. The summed E-state index contributed by atoms with van der Waals surface area (Å²) in [6.45, 7) is 10.6. The van der Waals surface area contributed by atoms with Crippen LogP contribution in [0.4, 0.5) is 5.69 Å². The zero-order valence-electron chi connectivity index (χ0n) is 15.1. The summed E-state index contributed by atoms with van der Waals surface area (Å²) in [6.07, 6.45) is 0.792. The summed E-state index contributed by atoms with van der Waals surface area (Å²) in [6, 6.07) is 7.64. The van der Waals surface area contributed by atoms with E-state index in [1.54, 1.807) is 4.90 Å². The van der Waals surface area contributed by atoms with Crippen LogP contribution in [0.1, 0.15) is 34.1 Å². The standard InChI is InChI=1S/C18H28N4O2/c1-5-19-17(21-18(2,3)4)20-11-8-12-22-14-9-6-7-10-15(14)24-13-16(22)23/h6-7,9-10H,5,8,11-13H2,1-4H3,(H2,19,20,21). The molecule has 0 atom stereocenters. The van der Waals surface area contributed by atoms with Crippen molar-refractivity contribution in [2.24, 2.45) is 4.99 Å². The van der Waals surface area contributed by atoms with Gasteiger partial charge < -0.3 is 20.3 Å². The lowest BCUT2D eigenvalue weighted by Crippen LogP contribution is -2.47. The first-order chi connectivity index (χ1) is 11.4. The highest BCUT2D eigenvalue weighted by molar-refractivity contribution is 5.97. The average Bonchev–Trinajstić information content (AvgIpc) is 2.52. The maximum Gasteiger partial charge on any atom is 0.265 e. The number of hydrogen-bond donors (Lipinski definition) is 2. The van der Waals surface area contributed by atoms with E-state index >= 15 is 0 Å². The molecule has 0 fully saturated rings. The van der Waals surface area contributed by atoms with Crippen molar-refractivity contribution in [2.45, 2.75) is 39.7 Å². The SMILES string of the molecule is CCNC(=NCCCN1C(=O)COc2ccccc21)NC(C)(C)C. The van der Waals surface area contributed by atoms with Crippen LogP contribution in [0.15, 0.2) is 29.3 Å². The van der Waals surface area contributed by atoms with E-state index in [2.05, 4.69) is 36.4 Å². The number of nitrogens with one attached hydrogen (secondary N) is 2. The van der Waals surface area contributed by atoms with E-state index in [1.165, 1.54) is 0 Å². The third-order valence-electron chi connectivity index (χ3n) is 3.46. The van der Waals surface area contributed by atoms with Crippen LogP contribution >= 0.6 is 0 Å². The Morgan fingerprint density at radius 3 is 2.79 bits per heavy atom. The Labute approximate surface area is 144 Å². The molecule has 132 valence electrons. The number of ether oxygens (including phenoxy) is 1. The van der Waals surface area contributed by atoms with Crippen molar-refractivity contribution in [3.05, 3.63) is 24.3 Å². The Morgan fingerprint density at radius 1 is 1.33 bits per heavy atom. The van der Waals surface area contributed by atoms with Gasteiger partial charge in [-0.1, -0.05) is 12.1 Å². The smallest absolute Gasteiger partial charge is 0.265 e. The van der Waals surface area contributed by atoms with Gasteiger partial charge in [0.2, 0.25) is 0 Å². The first-order valence-corrected chi connectivity index (χ1v) is 8.49. The minimum Gasteiger partial charge on any atom is -0.482 e. The Morgan fingerprint density at radius 2 is 2.08 bits per heavy atom. The largest absolute Gasteiger partial charge is 0.482 e. The van der Waals surface area contributed by atoms with Gasteiger partial charge in [-0.3, -0.25) is 9.79 Å². The lowest BCUT2D eigenvalue weighted by molar-refractivity contribution is -0.121. The quantitative estimate of drug-likeness (QED) is 0.493. The van der Waals surface area contributed by atoms with Crippen LogP contribution in [0.5, 0.6) is 5.75 Å². The van der Waals surface area contributed by atoms with Crippen LogP contribution in [0.3, 0.4) is 0 Å². The van der Waals surface area contributed by atoms with E-state index in [1.807, 2.05) is 31.2 Å². The summed E-state index contributed by atoms with van der Waals surface area (Å²) >= 11 is 0. The number of anilines is 1. The number of hydrogen-bond acceptors (Lipinski definition) is 3. The Hall–Kier alpha value is -2.24. The minimum absolute atomic E-state index is 0.00240. The molecule has 1 aliphatic heterocycles. The monoisotopic (exact) mass is 332 g/mol. The fraction of sp³-hybridized carbons (Fsp3) is 0.556. The van der Waals surface area contributed by atoms with Crippen LogP contribution in [-0.4, -0.2) is 43.6 Å². The van der Waals surface area contributed by atoms with Gasteiger partial charge in [0.05, 0.1) is 5.69 Å². The molecule has 0 saturated heterocycles. The lowest BCUT2D eigenvalue weighted by Gasteiger charge is -2.29. The average molecular weight is 332 g/mol. The Balaban J connectivity index is 1.93. The lowest BCUT2D eigenvalue weighted by atomic mass is 10.1. The third-order valence-corrected chi connectivity index (χ3v) is 3.46. The van der Waals surface area contributed by atoms with Crippen molar-refractivity contribution >= 4 is 17.6 Å². The molecule has 0 aromatic heterocycles. The molecule has 0 saturated carbocycles. The second-order valence-corrected chi connectivity index (χ2v) is 6.79. The number of benzene rings is 1. The molecule has 2 rings (SSSR count). The molecule has 6 heteroatoms. The van der Waals surface area contributed by atoms with E-state index < -0.39 is 0 Å². The van der Waals surface area contributed by atoms with Crippen molar-refractivity contribution in [3.63, 3.8) is 0 Å².